The highest BCUT2D eigenvalue weighted by atomic mass is 19.4. The van der Waals surface area contributed by atoms with Gasteiger partial charge in [0.2, 0.25) is 0 Å². The molecule has 198 valence electrons. The third-order valence-electron chi connectivity index (χ3n) is 7.23. The van der Waals surface area contributed by atoms with Gasteiger partial charge in [0.05, 0.1) is 12.0 Å². The summed E-state index contributed by atoms with van der Waals surface area (Å²) >= 11 is 0. The largest absolute Gasteiger partial charge is 0.490 e. The fraction of sp³-hybridized carbons (Fsp3) is 0.577. The predicted octanol–water partition coefficient (Wildman–Crippen LogP) is 7.05. The second-order valence-electron chi connectivity index (χ2n) is 9.97. The summed E-state index contributed by atoms with van der Waals surface area (Å²) < 4.78 is 87.2. The number of carbonyl (C=O) groups is 1. The molecule has 1 aliphatic heterocycles. The van der Waals surface area contributed by atoms with E-state index in [4.69, 9.17) is 9.84 Å². The number of likely N-dealkylation sites (tertiary alicyclic amines) is 1. The molecule has 0 amide bonds. The summed E-state index contributed by atoms with van der Waals surface area (Å²) in [4.78, 5) is 13.1. The topological polar surface area (TPSA) is 49.8 Å². The second-order valence-corrected chi connectivity index (χ2v) is 9.97. The van der Waals surface area contributed by atoms with Crippen LogP contribution in [0.15, 0.2) is 30.3 Å². The highest BCUT2D eigenvalue weighted by Crippen LogP contribution is 2.44. The van der Waals surface area contributed by atoms with Crippen molar-refractivity contribution in [2.75, 3.05) is 13.1 Å². The number of carboxylic acid groups (broad SMARTS) is 1. The normalized spacial score (nSPS) is 24.1. The Morgan fingerprint density at radius 2 is 1.69 bits per heavy atom. The smallest absolute Gasteiger partial charge is 0.420 e. The van der Waals surface area contributed by atoms with Crippen molar-refractivity contribution in [3.05, 3.63) is 41.5 Å². The van der Waals surface area contributed by atoms with Crippen molar-refractivity contribution < 1.29 is 41.0 Å². The van der Waals surface area contributed by atoms with E-state index < -0.39 is 35.9 Å². The first-order valence-corrected chi connectivity index (χ1v) is 12.2. The number of benzene rings is 2. The number of nitrogens with zero attached hydrogens (tertiary/aromatic N) is 1. The molecule has 0 aromatic heterocycles. The number of rotatable bonds is 6. The van der Waals surface area contributed by atoms with Crippen molar-refractivity contribution in [1.82, 2.24) is 4.90 Å². The highest BCUT2D eigenvalue weighted by Gasteiger charge is 2.42. The average Bonchev–Trinajstić information content (AvgIpc) is 2.77. The maximum Gasteiger partial charge on any atom is 0.420 e. The van der Waals surface area contributed by atoms with Crippen LogP contribution >= 0.6 is 0 Å². The Bertz CT molecular complexity index is 1080. The first-order valence-electron chi connectivity index (χ1n) is 12.2. The van der Waals surface area contributed by atoms with Gasteiger partial charge in [0.25, 0.3) is 0 Å². The monoisotopic (exact) mass is 517 g/mol. The minimum atomic E-state index is -4.71. The minimum absolute atomic E-state index is 0.00915. The van der Waals surface area contributed by atoms with Crippen LogP contribution in [0.4, 0.5) is 26.3 Å². The van der Waals surface area contributed by atoms with Crippen LogP contribution in [0.25, 0.3) is 10.8 Å². The molecule has 1 saturated carbocycles. The van der Waals surface area contributed by atoms with Gasteiger partial charge in [-0.05, 0) is 79.5 Å². The van der Waals surface area contributed by atoms with Gasteiger partial charge in [-0.3, -0.25) is 9.69 Å². The van der Waals surface area contributed by atoms with Crippen molar-refractivity contribution in [1.29, 1.82) is 0 Å². The van der Waals surface area contributed by atoms with Crippen molar-refractivity contribution in [2.24, 2.45) is 11.8 Å². The third-order valence-corrected chi connectivity index (χ3v) is 7.23. The summed E-state index contributed by atoms with van der Waals surface area (Å²) in [7, 11) is 0. The molecule has 2 aromatic rings. The maximum absolute atomic E-state index is 14.2. The number of hydrogen-bond donors (Lipinski definition) is 1. The van der Waals surface area contributed by atoms with Crippen LogP contribution in [0.3, 0.4) is 0 Å². The lowest BCUT2D eigenvalue weighted by molar-refractivity contribution is -0.185. The van der Waals surface area contributed by atoms with Crippen LogP contribution in [0.2, 0.25) is 0 Å². The van der Waals surface area contributed by atoms with Crippen LogP contribution in [0.5, 0.6) is 5.75 Å². The fourth-order valence-corrected chi connectivity index (χ4v) is 5.49. The Hall–Kier alpha value is -2.49. The Morgan fingerprint density at radius 3 is 2.33 bits per heavy atom. The van der Waals surface area contributed by atoms with Crippen LogP contribution in [-0.4, -0.2) is 41.3 Å². The van der Waals surface area contributed by atoms with Crippen molar-refractivity contribution in [3.63, 3.8) is 0 Å². The highest BCUT2D eigenvalue weighted by molar-refractivity contribution is 5.89. The number of piperidine rings is 1. The molecule has 4 rings (SSSR count). The van der Waals surface area contributed by atoms with Crippen molar-refractivity contribution >= 4 is 16.7 Å². The van der Waals surface area contributed by atoms with Gasteiger partial charge in [0.15, 0.2) is 0 Å². The number of carboxylic acids is 1. The molecule has 1 heterocycles. The average molecular weight is 518 g/mol. The summed E-state index contributed by atoms with van der Waals surface area (Å²) in [5.74, 6) is -2.65. The summed E-state index contributed by atoms with van der Waals surface area (Å²) in [6.07, 6.45) is -8.24. The number of fused-ring (bicyclic) bond motifs is 1. The molecule has 10 heteroatoms. The molecule has 0 spiro atoms. The van der Waals surface area contributed by atoms with Gasteiger partial charge in [-0.25, -0.2) is 0 Å². The quantitative estimate of drug-likeness (QED) is 0.418. The van der Waals surface area contributed by atoms with E-state index in [1.165, 1.54) is 18.2 Å². The third kappa shape index (κ3) is 6.44. The van der Waals surface area contributed by atoms with Gasteiger partial charge < -0.3 is 9.84 Å². The standard InChI is InChI=1S/C26H29F6NO3/c27-25(28,29)19-6-8-20(9-7-19)36-22-10-5-18-4-3-17(12-21(18)24(22)26(30,31)32)15-33-11-1-2-16(14-33)13-23(34)35/h3-5,10,12,16,19-20H,1-2,6-9,11,13-15H2,(H,34,35)/t16-,19-,20+/m0/s1. The molecule has 0 bridgehead atoms. The molecule has 2 aromatic carbocycles. The SMILES string of the molecule is O=C(O)C[C@@H]1CCCN(Cc2ccc3ccc(O[C@H]4CC[C@@H](C(F)(F)F)CC4)c(C(F)(F)F)c3c2)C1. The van der Waals surface area contributed by atoms with Crippen molar-refractivity contribution in [3.8, 4) is 5.75 Å². The fourth-order valence-electron chi connectivity index (χ4n) is 5.49. The zero-order valence-electron chi connectivity index (χ0n) is 19.7. The van der Waals surface area contributed by atoms with Crippen LogP contribution in [0, 0.1) is 11.8 Å². The Kier molecular flexibility index (Phi) is 7.73. The van der Waals surface area contributed by atoms with Gasteiger partial charge in [0.1, 0.15) is 11.3 Å². The Labute approximate surface area is 205 Å². The number of hydrogen-bond acceptors (Lipinski definition) is 3. The van der Waals surface area contributed by atoms with Crippen molar-refractivity contribution in [2.45, 2.75) is 69.9 Å². The zero-order chi connectivity index (χ0) is 26.1. The van der Waals surface area contributed by atoms with Gasteiger partial charge in [-0.2, -0.15) is 26.3 Å². The molecular weight excluding hydrogens is 488 g/mol. The molecule has 1 atom stereocenters. The molecule has 4 nitrogen and oxygen atoms in total. The Morgan fingerprint density at radius 1 is 1.00 bits per heavy atom. The number of halogens is 6. The van der Waals surface area contributed by atoms with E-state index in [9.17, 15) is 31.1 Å². The van der Waals surface area contributed by atoms with Crippen LogP contribution in [-0.2, 0) is 17.5 Å². The van der Waals surface area contributed by atoms with E-state index >= 15 is 0 Å². The van der Waals surface area contributed by atoms with Gasteiger partial charge >= 0.3 is 18.3 Å². The van der Waals surface area contributed by atoms with Crippen LogP contribution in [0.1, 0.15) is 56.1 Å². The van der Waals surface area contributed by atoms with E-state index in [0.29, 0.717) is 24.0 Å². The molecule has 0 unspecified atom stereocenters. The number of alkyl halides is 6. The van der Waals surface area contributed by atoms with E-state index in [-0.39, 0.29) is 49.2 Å². The lowest BCUT2D eigenvalue weighted by atomic mass is 9.87. The van der Waals surface area contributed by atoms with Gasteiger partial charge in [-0.15, -0.1) is 0 Å². The molecule has 2 aliphatic rings. The number of ether oxygens (including phenoxy) is 1. The van der Waals surface area contributed by atoms with Crippen LogP contribution < -0.4 is 4.74 Å². The Balaban J connectivity index is 1.55. The summed E-state index contributed by atoms with van der Waals surface area (Å²) in [5.41, 5.74) is -0.242. The first-order chi connectivity index (χ1) is 16.9. The molecule has 1 N–H and O–H groups in total. The molecule has 2 fully saturated rings. The lowest BCUT2D eigenvalue weighted by Crippen LogP contribution is -2.35. The van der Waals surface area contributed by atoms with E-state index in [0.717, 1.165) is 19.4 Å². The van der Waals surface area contributed by atoms with E-state index in [2.05, 4.69) is 4.90 Å². The summed E-state index contributed by atoms with van der Waals surface area (Å²) in [6.45, 7) is 1.71. The summed E-state index contributed by atoms with van der Waals surface area (Å²) in [6, 6.07) is 7.67. The molecular formula is C26H29F6NO3. The lowest BCUT2D eigenvalue weighted by Gasteiger charge is -2.32. The van der Waals surface area contributed by atoms with Gasteiger partial charge in [0, 0.05) is 19.5 Å². The van der Waals surface area contributed by atoms with E-state index in [1.807, 2.05) is 0 Å². The minimum Gasteiger partial charge on any atom is -0.490 e. The predicted molar refractivity (Wildman–Crippen MR) is 122 cm³/mol. The van der Waals surface area contributed by atoms with Gasteiger partial charge in [-0.1, -0.05) is 18.2 Å². The molecule has 1 saturated heterocycles. The molecule has 0 radical (unpaired) electrons. The summed E-state index contributed by atoms with van der Waals surface area (Å²) in [5, 5.41) is 9.45. The zero-order valence-corrected chi connectivity index (χ0v) is 19.7. The molecule has 36 heavy (non-hydrogen) atoms. The second kappa shape index (κ2) is 10.5. The first kappa shape index (κ1) is 26.6. The van der Waals surface area contributed by atoms with E-state index in [1.54, 1.807) is 12.1 Å². The maximum atomic E-state index is 14.2. The number of aliphatic carboxylic acids is 1. The molecule has 1 aliphatic carbocycles.